The lowest BCUT2D eigenvalue weighted by Crippen LogP contribution is -2.75. The van der Waals surface area contributed by atoms with Crippen molar-refractivity contribution in [2.75, 3.05) is 40.1 Å². The van der Waals surface area contributed by atoms with Crippen molar-refractivity contribution in [3.8, 4) is 11.5 Å². The molecule has 2 N–H and O–H groups in total. The van der Waals surface area contributed by atoms with E-state index in [9.17, 15) is 19.2 Å². The summed E-state index contributed by atoms with van der Waals surface area (Å²) in [5, 5.41) is 8.71. The minimum atomic E-state index is -0.829. The number of likely N-dealkylation sites (N-methyl/N-ethyl adjacent to an activating group) is 1. The largest absolute Gasteiger partial charge is 0.454 e. The molecule has 0 aliphatic carbocycles. The van der Waals surface area contributed by atoms with Crippen molar-refractivity contribution in [2.24, 2.45) is 0 Å². The molecule has 2 atom stereocenters. The number of amides is 5. The number of alkyl carbamates (subject to hydrolysis) is 1. The lowest BCUT2D eigenvalue weighted by atomic mass is 10.0. The highest BCUT2D eigenvalue weighted by atomic mass is 16.7. The summed E-state index contributed by atoms with van der Waals surface area (Å²) in [6.07, 6.45) is 0.835. The topological polar surface area (TPSA) is 133 Å². The monoisotopic (exact) mass is 592 g/mol. The minimum Gasteiger partial charge on any atom is -0.454 e. The third-order valence-electron chi connectivity index (χ3n) is 7.50. The molecule has 0 unspecified atom stereocenters. The number of carbonyl (C=O) groups is 4. The van der Waals surface area contributed by atoms with Crippen molar-refractivity contribution in [1.82, 2.24) is 30.5 Å². The van der Waals surface area contributed by atoms with Crippen LogP contribution in [0.3, 0.4) is 0 Å². The van der Waals surface area contributed by atoms with Gasteiger partial charge < -0.3 is 34.6 Å². The van der Waals surface area contributed by atoms with Crippen LogP contribution in [0.4, 0.5) is 9.59 Å². The summed E-state index contributed by atoms with van der Waals surface area (Å²) in [4.78, 5) is 56.0. The second kappa shape index (κ2) is 13.5. The van der Waals surface area contributed by atoms with E-state index in [1.54, 1.807) is 23.0 Å². The Morgan fingerprint density at radius 2 is 1.86 bits per heavy atom. The van der Waals surface area contributed by atoms with Crippen LogP contribution in [0.25, 0.3) is 0 Å². The standard InChI is InChI=1S/C30H36N6O7/c1-3-14-41-30(40)31-13-7-10-23-28(38)34(17-22-11-12-24-25(15-22)43-20-42-24)18-26-35(23)27(37)19-33(2)36(26)29(39)32-16-21-8-5-4-6-9-21/h3-6,8-9,11-12,15,23,26H,1,7,10,13-14,16-20H2,2H3,(H,31,40)(H,32,39)/t23-,26-/m0/s1. The third-order valence-corrected chi connectivity index (χ3v) is 7.50. The normalized spacial score (nSPS) is 19.6. The number of carbonyl (C=O) groups excluding carboxylic acids is 4. The number of hydrogen-bond acceptors (Lipinski definition) is 8. The molecule has 3 heterocycles. The summed E-state index contributed by atoms with van der Waals surface area (Å²) >= 11 is 0. The van der Waals surface area contributed by atoms with E-state index in [2.05, 4.69) is 17.2 Å². The van der Waals surface area contributed by atoms with Crippen molar-refractivity contribution >= 4 is 23.9 Å². The SMILES string of the molecule is C=CCOC(=O)NCCC[C@H]1C(=O)N(Cc2ccc3c(c2)OCO3)C[C@H]2N1C(=O)CN(C)N2C(=O)NCc1ccccc1. The maximum Gasteiger partial charge on any atom is 0.407 e. The number of nitrogens with zero attached hydrogens (tertiary/aromatic N) is 4. The highest BCUT2D eigenvalue weighted by molar-refractivity contribution is 5.91. The molecule has 0 spiro atoms. The lowest BCUT2D eigenvalue weighted by Gasteiger charge is -2.54. The second-order valence-electron chi connectivity index (χ2n) is 10.5. The zero-order chi connectivity index (χ0) is 30.3. The molecule has 13 nitrogen and oxygen atoms in total. The van der Waals surface area contributed by atoms with Gasteiger partial charge in [0, 0.05) is 26.7 Å². The molecule has 3 aliphatic rings. The molecular weight excluding hydrogens is 556 g/mol. The van der Waals surface area contributed by atoms with Gasteiger partial charge in [0.05, 0.1) is 13.1 Å². The van der Waals surface area contributed by atoms with Crippen molar-refractivity contribution in [1.29, 1.82) is 0 Å². The molecule has 0 aromatic heterocycles. The highest BCUT2D eigenvalue weighted by Gasteiger charge is 2.50. The van der Waals surface area contributed by atoms with Crippen LogP contribution >= 0.6 is 0 Å². The highest BCUT2D eigenvalue weighted by Crippen LogP contribution is 2.34. The molecule has 5 rings (SSSR count). The van der Waals surface area contributed by atoms with Crippen LogP contribution in [0, 0.1) is 0 Å². The fourth-order valence-electron chi connectivity index (χ4n) is 5.51. The molecule has 0 radical (unpaired) electrons. The number of nitrogens with one attached hydrogen (secondary N) is 2. The van der Waals surface area contributed by atoms with Gasteiger partial charge in [-0.3, -0.25) is 9.59 Å². The number of benzene rings is 2. The Balaban J connectivity index is 1.35. The van der Waals surface area contributed by atoms with Crippen LogP contribution in [0.15, 0.2) is 61.2 Å². The summed E-state index contributed by atoms with van der Waals surface area (Å²) in [6, 6.07) is 13.8. The predicted molar refractivity (Wildman–Crippen MR) is 154 cm³/mol. The van der Waals surface area contributed by atoms with E-state index in [1.807, 2.05) is 42.5 Å². The maximum atomic E-state index is 13.9. The van der Waals surface area contributed by atoms with Gasteiger partial charge in [-0.25, -0.2) is 19.6 Å². The zero-order valence-corrected chi connectivity index (χ0v) is 24.1. The molecule has 43 heavy (non-hydrogen) atoms. The van der Waals surface area contributed by atoms with E-state index >= 15 is 0 Å². The van der Waals surface area contributed by atoms with Gasteiger partial charge in [0.2, 0.25) is 18.6 Å². The molecule has 2 aromatic rings. The number of hydrogen-bond donors (Lipinski definition) is 2. The van der Waals surface area contributed by atoms with E-state index < -0.39 is 18.3 Å². The fourth-order valence-corrected chi connectivity index (χ4v) is 5.51. The van der Waals surface area contributed by atoms with Crippen LogP contribution < -0.4 is 20.1 Å². The Morgan fingerprint density at radius 1 is 1.07 bits per heavy atom. The average Bonchev–Trinajstić information content (AvgIpc) is 3.47. The summed E-state index contributed by atoms with van der Waals surface area (Å²) < 4.78 is 15.9. The predicted octanol–water partition coefficient (Wildman–Crippen LogP) is 2.05. The molecule has 0 saturated carbocycles. The Hall–Kier alpha value is -4.78. The molecular formula is C30H36N6O7. The number of fused-ring (bicyclic) bond motifs is 2. The quantitative estimate of drug-likeness (QED) is 0.317. The van der Waals surface area contributed by atoms with Crippen LogP contribution in [-0.2, 0) is 27.4 Å². The van der Waals surface area contributed by atoms with Gasteiger partial charge in [-0.2, -0.15) is 0 Å². The van der Waals surface area contributed by atoms with Crippen molar-refractivity contribution in [2.45, 2.75) is 38.1 Å². The lowest BCUT2D eigenvalue weighted by molar-refractivity contribution is -0.188. The van der Waals surface area contributed by atoms with Crippen LogP contribution in [0.2, 0.25) is 0 Å². The van der Waals surface area contributed by atoms with E-state index in [-0.39, 0.29) is 63.8 Å². The minimum absolute atomic E-state index is 0.0622. The Kier molecular flexibility index (Phi) is 9.30. The van der Waals surface area contributed by atoms with Gasteiger partial charge in [0.25, 0.3) is 0 Å². The molecule has 3 aliphatic heterocycles. The van der Waals surface area contributed by atoms with Gasteiger partial charge in [-0.15, -0.1) is 0 Å². The second-order valence-corrected chi connectivity index (χ2v) is 10.5. The van der Waals surface area contributed by atoms with Gasteiger partial charge in [-0.1, -0.05) is 49.1 Å². The number of piperazine rings is 1. The van der Waals surface area contributed by atoms with Crippen molar-refractivity contribution in [3.63, 3.8) is 0 Å². The van der Waals surface area contributed by atoms with Crippen LogP contribution in [0.5, 0.6) is 11.5 Å². The number of hydrazine groups is 1. The summed E-state index contributed by atoms with van der Waals surface area (Å²) in [5.41, 5.74) is 1.76. The molecule has 0 bridgehead atoms. The molecule has 228 valence electrons. The van der Waals surface area contributed by atoms with E-state index in [0.29, 0.717) is 24.5 Å². The molecule has 5 amide bonds. The van der Waals surface area contributed by atoms with E-state index in [0.717, 1.165) is 11.1 Å². The third kappa shape index (κ3) is 6.83. The Bertz CT molecular complexity index is 1360. The summed E-state index contributed by atoms with van der Waals surface area (Å²) in [5.74, 6) is 0.756. The average molecular weight is 593 g/mol. The Labute approximate surface area is 249 Å². The summed E-state index contributed by atoms with van der Waals surface area (Å²) in [7, 11) is 1.68. The van der Waals surface area contributed by atoms with E-state index in [4.69, 9.17) is 14.2 Å². The molecule has 2 saturated heterocycles. The molecule has 13 heteroatoms. The zero-order valence-electron chi connectivity index (χ0n) is 24.1. The summed E-state index contributed by atoms with van der Waals surface area (Å²) in [6.45, 7) is 4.59. The van der Waals surface area contributed by atoms with Gasteiger partial charge in [0.15, 0.2) is 11.5 Å². The number of ether oxygens (including phenoxy) is 3. The van der Waals surface area contributed by atoms with Gasteiger partial charge in [-0.05, 0) is 36.1 Å². The van der Waals surface area contributed by atoms with Crippen LogP contribution in [0.1, 0.15) is 24.0 Å². The smallest absolute Gasteiger partial charge is 0.407 e. The van der Waals surface area contributed by atoms with Gasteiger partial charge >= 0.3 is 12.1 Å². The first kappa shape index (κ1) is 29.7. The van der Waals surface area contributed by atoms with Gasteiger partial charge in [0.1, 0.15) is 18.8 Å². The first-order chi connectivity index (χ1) is 20.9. The van der Waals surface area contributed by atoms with Crippen molar-refractivity contribution in [3.05, 3.63) is 72.3 Å². The first-order valence-corrected chi connectivity index (χ1v) is 14.2. The molecule has 2 aromatic carbocycles. The fraction of sp³-hybridized carbons (Fsp3) is 0.400. The first-order valence-electron chi connectivity index (χ1n) is 14.2. The number of urea groups is 1. The molecule has 2 fully saturated rings. The number of rotatable bonds is 10. The van der Waals surface area contributed by atoms with Crippen molar-refractivity contribution < 1.29 is 33.4 Å². The maximum absolute atomic E-state index is 13.9. The Morgan fingerprint density at radius 3 is 2.65 bits per heavy atom. The van der Waals surface area contributed by atoms with Crippen LogP contribution in [-0.4, -0.2) is 96.0 Å². The van der Waals surface area contributed by atoms with E-state index in [1.165, 1.54) is 16.0 Å².